The molecular formula is C8H16N2O2. The Balaban J connectivity index is 3.77. The van der Waals surface area contributed by atoms with Crippen molar-refractivity contribution >= 4 is 5.91 Å². The minimum atomic E-state index is -0.559. The first-order chi connectivity index (χ1) is 5.61. The summed E-state index contributed by atoms with van der Waals surface area (Å²) in [6.45, 7) is 5.10. The van der Waals surface area contributed by atoms with Crippen LogP contribution in [0, 0.1) is 0 Å². The van der Waals surface area contributed by atoms with Crippen LogP contribution in [0.25, 0.3) is 0 Å². The second-order valence-electron chi connectivity index (χ2n) is 2.72. The lowest BCUT2D eigenvalue weighted by atomic mass is 10.2. The zero-order chi connectivity index (χ0) is 9.56. The highest BCUT2D eigenvalue weighted by molar-refractivity contribution is 5.81. The number of aliphatic hydroxyl groups excluding tert-OH is 1. The van der Waals surface area contributed by atoms with Crippen LogP contribution in [0.15, 0.2) is 12.7 Å². The maximum absolute atomic E-state index is 11.1. The van der Waals surface area contributed by atoms with E-state index in [1.54, 1.807) is 13.0 Å². The monoisotopic (exact) mass is 172 g/mol. The van der Waals surface area contributed by atoms with Crippen molar-refractivity contribution in [1.29, 1.82) is 0 Å². The molecule has 4 nitrogen and oxygen atoms in total. The van der Waals surface area contributed by atoms with Crippen molar-refractivity contribution in [3.05, 3.63) is 12.7 Å². The highest BCUT2D eigenvalue weighted by Crippen LogP contribution is 1.89. The van der Waals surface area contributed by atoms with Gasteiger partial charge in [0.2, 0.25) is 5.91 Å². The SMILES string of the molecule is C=CCC(N)C(=O)NC(C)CO. The number of hydrogen-bond donors (Lipinski definition) is 3. The van der Waals surface area contributed by atoms with Crippen LogP contribution in [0.1, 0.15) is 13.3 Å². The number of aliphatic hydroxyl groups is 1. The van der Waals surface area contributed by atoms with E-state index >= 15 is 0 Å². The molecule has 0 radical (unpaired) electrons. The van der Waals surface area contributed by atoms with Crippen molar-refractivity contribution in [3.63, 3.8) is 0 Å². The number of nitrogens with one attached hydrogen (secondary N) is 1. The molecule has 1 amide bonds. The first kappa shape index (κ1) is 11.1. The Kier molecular flexibility index (Phi) is 5.32. The summed E-state index contributed by atoms with van der Waals surface area (Å²) >= 11 is 0. The first-order valence-corrected chi connectivity index (χ1v) is 3.89. The Morgan fingerprint density at radius 1 is 1.83 bits per heavy atom. The predicted octanol–water partition coefficient (Wildman–Crippen LogP) is -0.613. The van der Waals surface area contributed by atoms with Gasteiger partial charge < -0.3 is 16.2 Å². The normalized spacial score (nSPS) is 14.9. The quantitative estimate of drug-likeness (QED) is 0.484. The Morgan fingerprint density at radius 3 is 2.83 bits per heavy atom. The van der Waals surface area contributed by atoms with E-state index < -0.39 is 6.04 Å². The van der Waals surface area contributed by atoms with Crippen LogP contribution in [-0.4, -0.2) is 29.7 Å². The average molecular weight is 172 g/mol. The molecule has 0 aromatic rings. The molecule has 0 saturated heterocycles. The molecule has 12 heavy (non-hydrogen) atoms. The summed E-state index contributed by atoms with van der Waals surface area (Å²) in [5.74, 6) is -0.253. The summed E-state index contributed by atoms with van der Waals surface area (Å²) in [6, 6.07) is -0.801. The van der Waals surface area contributed by atoms with Gasteiger partial charge in [0.25, 0.3) is 0 Å². The average Bonchev–Trinajstić information content (AvgIpc) is 2.04. The standard InChI is InChI=1S/C8H16N2O2/c1-3-4-7(9)8(12)10-6(2)5-11/h3,6-7,11H,1,4-5,9H2,2H3,(H,10,12). The summed E-state index contributed by atoms with van der Waals surface area (Å²) in [4.78, 5) is 11.1. The van der Waals surface area contributed by atoms with Gasteiger partial charge in [-0.3, -0.25) is 4.79 Å². The Hall–Kier alpha value is -0.870. The van der Waals surface area contributed by atoms with E-state index in [1.807, 2.05) is 0 Å². The number of carbonyl (C=O) groups excluding carboxylic acids is 1. The van der Waals surface area contributed by atoms with Gasteiger partial charge in [-0.2, -0.15) is 0 Å². The van der Waals surface area contributed by atoms with E-state index in [2.05, 4.69) is 11.9 Å². The molecule has 2 atom stereocenters. The highest BCUT2D eigenvalue weighted by atomic mass is 16.3. The molecule has 0 saturated carbocycles. The minimum Gasteiger partial charge on any atom is -0.394 e. The third kappa shape index (κ3) is 4.10. The fraction of sp³-hybridized carbons (Fsp3) is 0.625. The van der Waals surface area contributed by atoms with Gasteiger partial charge in [0, 0.05) is 6.04 Å². The van der Waals surface area contributed by atoms with Crippen LogP contribution in [0.3, 0.4) is 0 Å². The van der Waals surface area contributed by atoms with E-state index in [4.69, 9.17) is 10.8 Å². The van der Waals surface area contributed by atoms with Crippen LogP contribution in [0.2, 0.25) is 0 Å². The molecule has 0 rings (SSSR count). The van der Waals surface area contributed by atoms with Crippen LogP contribution in [0.5, 0.6) is 0 Å². The van der Waals surface area contributed by atoms with Crippen LogP contribution in [-0.2, 0) is 4.79 Å². The summed E-state index contributed by atoms with van der Waals surface area (Å²) in [6.07, 6.45) is 2.04. The largest absolute Gasteiger partial charge is 0.394 e. The van der Waals surface area contributed by atoms with Crippen molar-refractivity contribution in [1.82, 2.24) is 5.32 Å². The molecule has 0 bridgehead atoms. The van der Waals surface area contributed by atoms with Gasteiger partial charge in [-0.25, -0.2) is 0 Å². The molecule has 0 fully saturated rings. The van der Waals surface area contributed by atoms with E-state index in [0.29, 0.717) is 6.42 Å². The molecule has 0 aliphatic rings. The lowest BCUT2D eigenvalue weighted by molar-refractivity contribution is -0.123. The second-order valence-corrected chi connectivity index (χ2v) is 2.72. The maximum atomic E-state index is 11.1. The Labute approximate surface area is 72.4 Å². The molecule has 0 heterocycles. The third-order valence-corrected chi connectivity index (χ3v) is 1.42. The number of nitrogens with two attached hydrogens (primary N) is 1. The fourth-order valence-corrected chi connectivity index (χ4v) is 0.682. The van der Waals surface area contributed by atoms with Gasteiger partial charge in [0.1, 0.15) is 0 Å². The topological polar surface area (TPSA) is 75.4 Å². The summed E-state index contributed by atoms with van der Waals surface area (Å²) < 4.78 is 0. The molecule has 2 unspecified atom stereocenters. The van der Waals surface area contributed by atoms with E-state index in [9.17, 15) is 4.79 Å². The van der Waals surface area contributed by atoms with Crippen molar-refractivity contribution in [3.8, 4) is 0 Å². The van der Waals surface area contributed by atoms with E-state index in [0.717, 1.165) is 0 Å². The van der Waals surface area contributed by atoms with Crippen LogP contribution >= 0.6 is 0 Å². The van der Waals surface area contributed by atoms with Gasteiger partial charge in [-0.15, -0.1) is 6.58 Å². The Morgan fingerprint density at radius 2 is 2.42 bits per heavy atom. The van der Waals surface area contributed by atoms with Gasteiger partial charge in [0.05, 0.1) is 12.6 Å². The zero-order valence-electron chi connectivity index (χ0n) is 7.29. The Bertz CT molecular complexity index is 159. The summed E-state index contributed by atoms with van der Waals surface area (Å²) in [5.41, 5.74) is 5.47. The third-order valence-electron chi connectivity index (χ3n) is 1.42. The fourth-order valence-electron chi connectivity index (χ4n) is 0.682. The predicted molar refractivity (Wildman–Crippen MR) is 47.5 cm³/mol. The second kappa shape index (κ2) is 5.74. The first-order valence-electron chi connectivity index (χ1n) is 3.89. The molecule has 4 heteroatoms. The summed E-state index contributed by atoms with van der Waals surface area (Å²) in [5, 5.41) is 11.2. The van der Waals surface area contributed by atoms with Crippen LogP contribution in [0.4, 0.5) is 0 Å². The van der Waals surface area contributed by atoms with Crippen molar-refractivity contribution in [2.24, 2.45) is 5.73 Å². The van der Waals surface area contributed by atoms with E-state index in [-0.39, 0.29) is 18.6 Å². The lowest BCUT2D eigenvalue weighted by Crippen LogP contribution is -2.45. The van der Waals surface area contributed by atoms with Crippen LogP contribution < -0.4 is 11.1 Å². The molecule has 0 spiro atoms. The molecule has 0 aliphatic carbocycles. The number of carbonyl (C=O) groups is 1. The van der Waals surface area contributed by atoms with Gasteiger partial charge in [0.15, 0.2) is 0 Å². The smallest absolute Gasteiger partial charge is 0.237 e. The van der Waals surface area contributed by atoms with E-state index in [1.165, 1.54) is 0 Å². The zero-order valence-corrected chi connectivity index (χ0v) is 7.29. The molecule has 0 aliphatic heterocycles. The van der Waals surface area contributed by atoms with Crippen molar-refractivity contribution in [2.45, 2.75) is 25.4 Å². The van der Waals surface area contributed by atoms with Gasteiger partial charge in [-0.05, 0) is 13.3 Å². The van der Waals surface area contributed by atoms with Crippen molar-refractivity contribution < 1.29 is 9.90 Å². The molecule has 0 aromatic carbocycles. The molecular weight excluding hydrogens is 156 g/mol. The molecule has 70 valence electrons. The van der Waals surface area contributed by atoms with Gasteiger partial charge >= 0.3 is 0 Å². The van der Waals surface area contributed by atoms with Crippen molar-refractivity contribution in [2.75, 3.05) is 6.61 Å². The maximum Gasteiger partial charge on any atom is 0.237 e. The number of rotatable bonds is 5. The highest BCUT2D eigenvalue weighted by Gasteiger charge is 2.12. The van der Waals surface area contributed by atoms with Gasteiger partial charge in [-0.1, -0.05) is 6.08 Å². The minimum absolute atomic E-state index is 0.0768. The molecule has 4 N–H and O–H groups in total. The summed E-state index contributed by atoms with van der Waals surface area (Å²) in [7, 11) is 0. The number of amides is 1. The number of hydrogen-bond acceptors (Lipinski definition) is 3. The lowest BCUT2D eigenvalue weighted by Gasteiger charge is -2.14. The molecule has 0 aromatic heterocycles.